The summed E-state index contributed by atoms with van der Waals surface area (Å²) in [5.74, 6) is -0.386. The average Bonchev–Trinajstić information content (AvgIpc) is 2.31. The van der Waals surface area contributed by atoms with Crippen LogP contribution in [0, 0.1) is 0 Å². The summed E-state index contributed by atoms with van der Waals surface area (Å²) >= 11 is 5.75. The van der Waals surface area contributed by atoms with Gasteiger partial charge in [0.2, 0.25) is 5.91 Å². The van der Waals surface area contributed by atoms with Gasteiger partial charge >= 0.3 is 29.6 Å². The summed E-state index contributed by atoms with van der Waals surface area (Å²) in [5.41, 5.74) is 5.09. The van der Waals surface area contributed by atoms with Crippen LogP contribution in [-0.2, 0) is 4.79 Å². The molecular weight excluding hydrogens is 257 g/mol. The topological polar surface area (TPSA) is 43.1 Å². The number of alkyl halides is 1. The molecule has 1 unspecified atom stereocenters. The van der Waals surface area contributed by atoms with E-state index in [1.54, 1.807) is 0 Å². The van der Waals surface area contributed by atoms with Crippen LogP contribution in [0.15, 0.2) is 0 Å². The van der Waals surface area contributed by atoms with E-state index in [1.807, 2.05) is 0 Å². The molecule has 1 atom stereocenters. The van der Waals surface area contributed by atoms with Gasteiger partial charge in [0.1, 0.15) is 5.38 Å². The molecule has 0 radical (unpaired) electrons. The van der Waals surface area contributed by atoms with Crippen LogP contribution < -0.4 is 5.73 Å². The third kappa shape index (κ3) is 14.8. The molecule has 0 saturated carbocycles. The number of hydrogen-bond donors (Lipinski definition) is 1. The molecule has 104 valence electrons. The molecule has 4 heteroatoms. The monoisotopic (exact) mass is 285 g/mol. The Morgan fingerprint density at radius 3 is 1.72 bits per heavy atom. The Bertz CT molecular complexity index is 191. The van der Waals surface area contributed by atoms with E-state index in [-0.39, 0.29) is 35.5 Å². The number of amides is 1. The number of carbonyl (C=O) groups is 1. The van der Waals surface area contributed by atoms with Gasteiger partial charge in [-0.2, -0.15) is 0 Å². The van der Waals surface area contributed by atoms with Gasteiger partial charge < -0.3 is 5.73 Å². The zero-order valence-corrected chi connectivity index (χ0v) is 12.0. The molecule has 0 heterocycles. The van der Waals surface area contributed by atoms with E-state index in [1.165, 1.54) is 57.8 Å². The second-order valence-corrected chi connectivity index (χ2v) is 5.37. The molecule has 0 saturated heterocycles. The maximum atomic E-state index is 10.7. The third-order valence-corrected chi connectivity index (χ3v) is 3.55. The summed E-state index contributed by atoms with van der Waals surface area (Å²) in [7, 11) is 0. The van der Waals surface area contributed by atoms with Gasteiger partial charge in [-0.3, -0.25) is 4.79 Å². The molecule has 0 spiro atoms. The first-order chi connectivity index (χ1) is 8.18. The van der Waals surface area contributed by atoms with Crippen molar-refractivity contribution in [1.82, 2.24) is 0 Å². The molecule has 18 heavy (non-hydrogen) atoms. The van der Waals surface area contributed by atoms with Gasteiger partial charge in [0.25, 0.3) is 0 Å². The van der Waals surface area contributed by atoms with Crippen molar-refractivity contribution >= 4 is 47.1 Å². The predicted molar refractivity (Wildman–Crippen MR) is 82.4 cm³/mol. The van der Waals surface area contributed by atoms with Gasteiger partial charge in [0, 0.05) is 0 Å². The minimum atomic E-state index is -0.468. The number of halogens is 1. The number of hydrogen-bond acceptors (Lipinski definition) is 1. The van der Waals surface area contributed by atoms with Gasteiger partial charge in [-0.05, 0) is 6.42 Å². The fourth-order valence-corrected chi connectivity index (χ4v) is 2.11. The zero-order chi connectivity index (χ0) is 12.9. The standard InChI is InChI=1S/C14H28ClNO.Na.H/c1-2-3-4-5-6-7-8-9-10-11-12-13(15)14(16)17;;/h13H,2-12H2,1H3,(H2,16,17);;. The number of carbonyl (C=O) groups excluding carboxylic acids is 1. The van der Waals surface area contributed by atoms with E-state index in [4.69, 9.17) is 17.3 Å². The molecule has 0 aromatic heterocycles. The summed E-state index contributed by atoms with van der Waals surface area (Å²) < 4.78 is 0. The summed E-state index contributed by atoms with van der Waals surface area (Å²) in [5, 5.41) is -0.468. The van der Waals surface area contributed by atoms with E-state index in [0.29, 0.717) is 0 Å². The number of primary amides is 1. The summed E-state index contributed by atoms with van der Waals surface area (Å²) in [6.45, 7) is 2.25. The molecule has 0 aliphatic rings. The minimum absolute atomic E-state index is 0. The third-order valence-electron chi connectivity index (χ3n) is 3.12. The molecule has 0 fully saturated rings. The van der Waals surface area contributed by atoms with Gasteiger partial charge in [0.15, 0.2) is 0 Å². The van der Waals surface area contributed by atoms with Crippen molar-refractivity contribution in [3.05, 3.63) is 0 Å². The van der Waals surface area contributed by atoms with Gasteiger partial charge in [0.05, 0.1) is 0 Å². The van der Waals surface area contributed by atoms with Gasteiger partial charge in [-0.1, -0.05) is 71.1 Å². The molecule has 0 bridgehead atoms. The van der Waals surface area contributed by atoms with Crippen molar-refractivity contribution < 1.29 is 4.79 Å². The molecule has 2 nitrogen and oxygen atoms in total. The van der Waals surface area contributed by atoms with Gasteiger partial charge in [-0.25, -0.2) is 0 Å². The van der Waals surface area contributed by atoms with Crippen LogP contribution in [0.5, 0.6) is 0 Å². The first-order valence-electron chi connectivity index (χ1n) is 7.12. The fraction of sp³-hybridized carbons (Fsp3) is 0.929. The number of nitrogens with two attached hydrogens (primary N) is 1. The SMILES string of the molecule is CCCCCCCCCCCCC(Cl)C(N)=O.[NaH]. The summed E-state index contributed by atoms with van der Waals surface area (Å²) in [4.78, 5) is 10.7. The summed E-state index contributed by atoms with van der Waals surface area (Å²) in [6.07, 6.45) is 13.7. The second kappa shape index (κ2) is 15.8. The van der Waals surface area contributed by atoms with Crippen LogP contribution in [0.4, 0.5) is 0 Å². The van der Waals surface area contributed by atoms with Crippen molar-refractivity contribution in [2.75, 3.05) is 0 Å². The maximum absolute atomic E-state index is 10.7. The zero-order valence-electron chi connectivity index (χ0n) is 11.2. The molecule has 0 aliphatic heterocycles. The van der Waals surface area contributed by atoms with Crippen molar-refractivity contribution in [3.63, 3.8) is 0 Å². The fourth-order valence-electron chi connectivity index (χ4n) is 1.95. The van der Waals surface area contributed by atoms with Crippen LogP contribution in [0.3, 0.4) is 0 Å². The number of rotatable bonds is 12. The molecule has 2 N–H and O–H groups in total. The number of unbranched alkanes of at least 4 members (excludes halogenated alkanes) is 9. The van der Waals surface area contributed by atoms with E-state index in [9.17, 15) is 4.79 Å². The van der Waals surface area contributed by atoms with Crippen molar-refractivity contribution in [1.29, 1.82) is 0 Å². The molecular formula is C14H29ClNNaO. The van der Waals surface area contributed by atoms with Crippen LogP contribution in [-0.4, -0.2) is 40.8 Å². The van der Waals surface area contributed by atoms with Gasteiger partial charge in [-0.15, -0.1) is 11.6 Å². The second-order valence-electron chi connectivity index (χ2n) is 4.84. The van der Waals surface area contributed by atoms with E-state index >= 15 is 0 Å². The molecule has 1 amide bonds. The Morgan fingerprint density at radius 1 is 0.944 bits per heavy atom. The average molecular weight is 286 g/mol. The molecule has 0 aromatic carbocycles. The Morgan fingerprint density at radius 2 is 1.33 bits per heavy atom. The normalized spacial score (nSPS) is 11.9. The predicted octanol–water partition coefficient (Wildman–Crippen LogP) is 3.74. The molecule has 0 aromatic rings. The van der Waals surface area contributed by atoms with Crippen LogP contribution in [0.25, 0.3) is 0 Å². The van der Waals surface area contributed by atoms with E-state index < -0.39 is 5.38 Å². The first kappa shape index (κ1) is 21.1. The van der Waals surface area contributed by atoms with Crippen LogP contribution in [0.2, 0.25) is 0 Å². The Labute approximate surface area is 140 Å². The molecule has 0 aliphatic carbocycles. The first-order valence-corrected chi connectivity index (χ1v) is 7.55. The van der Waals surface area contributed by atoms with Crippen molar-refractivity contribution in [3.8, 4) is 0 Å². The van der Waals surface area contributed by atoms with Crippen molar-refractivity contribution in [2.45, 2.75) is 82.9 Å². The quantitative estimate of drug-likeness (QED) is 0.331. The van der Waals surface area contributed by atoms with Crippen molar-refractivity contribution in [2.24, 2.45) is 5.73 Å². The van der Waals surface area contributed by atoms with E-state index in [2.05, 4.69) is 6.92 Å². The Kier molecular flexibility index (Phi) is 18.5. The Balaban J connectivity index is 0. The van der Waals surface area contributed by atoms with E-state index in [0.717, 1.165) is 12.8 Å². The summed E-state index contributed by atoms with van der Waals surface area (Å²) in [6, 6.07) is 0. The van der Waals surface area contributed by atoms with Crippen LogP contribution in [0.1, 0.15) is 77.6 Å². The van der Waals surface area contributed by atoms with Crippen LogP contribution >= 0.6 is 11.6 Å². The molecule has 0 rings (SSSR count). The Hall–Kier alpha value is 0.760.